The van der Waals surface area contributed by atoms with Gasteiger partial charge in [0.1, 0.15) is 11.4 Å². The van der Waals surface area contributed by atoms with Gasteiger partial charge >= 0.3 is 0 Å². The topological polar surface area (TPSA) is 81.4 Å². The van der Waals surface area contributed by atoms with Gasteiger partial charge in [0, 0.05) is 5.56 Å². The van der Waals surface area contributed by atoms with E-state index in [0.29, 0.717) is 17.9 Å². The number of nitrogens with one attached hydrogen (secondary N) is 1. The van der Waals surface area contributed by atoms with E-state index in [9.17, 15) is 12.8 Å². The van der Waals surface area contributed by atoms with Crippen LogP contribution in [-0.4, -0.2) is 20.7 Å². The van der Waals surface area contributed by atoms with Crippen LogP contribution < -0.4 is 9.46 Å². The van der Waals surface area contributed by atoms with Gasteiger partial charge in [0.25, 0.3) is 10.0 Å². The molecule has 1 heterocycles. The lowest BCUT2D eigenvalue weighted by Crippen LogP contribution is -2.16. The third-order valence-electron chi connectivity index (χ3n) is 3.32. The van der Waals surface area contributed by atoms with E-state index in [1.807, 2.05) is 6.92 Å². The Morgan fingerprint density at radius 3 is 2.64 bits per heavy atom. The number of aryl methyl sites for hydroxylation is 2. The fourth-order valence-electron chi connectivity index (χ4n) is 2.07. The van der Waals surface area contributed by atoms with E-state index in [1.165, 1.54) is 26.2 Å². The summed E-state index contributed by atoms with van der Waals surface area (Å²) in [6.07, 6.45) is 0.505. The maximum Gasteiger partial charge on any atom is 0.262 e. The molecule has 120 valence electrons. The summed E-state index contributed by atoms with van der Waals surface area (Å²) in [5, 5.41) is 3.78. The Bertz CT molecular complexity index is 799. The summed E-state index contributed by atoms with van der Waals surface area (Å²) in [5.74, 6) is -0.359. The third kappa shape index (κ3) is 2.78. The van der Waals surface area contributed by atoms with Crippen LogP contribution in [0.25, 0.3) is 0 Å². The van der Waals surface area contributed by atoms with Crippen LogP contribution in [-0.2, 0) is 16.4 Å². The zero-order valence-corrected chi connectivity index (χ0v) is 13.5. The SMILES string of the molecule is CCc1noc(C)c1NS(=O)(=O)c1ccc(OC)c(F)c1C. The second kappa shape index (κ2) is 5.96. The van der Waals surface area contributed by atoms with Crippen LogP contribution in [0.4, 0.5) is 10.1 Å². The number of sulfonamides is 1. The van der Waals surface area contributed by atoms with Crippen molar-refractivity contribution in [1.82, 2.24) is 5.16 Å². The predicted molar refractivity (Wildman–Crippen MR) is 79.1 cm³/mol. The van der Waals surface area contributed by atoms with Crippen molar-refractivity contribution in [3.63, 3.8) is 0 Å². The summed E-state index contributed by atoms with van der Waals surface area (Å²) in [6, 6.07) is 2.58. The number of aromatic nitrogens is 1. The second-order valence-electron chi connectivity index (χ2n) is 4.72. The molecule has 0 aliphatic rings. The number of hydrogen-bond acceptors (Lipinski definition) is 5. The largest absolute Gasteiger partial charge is 0.494 e. The van der Waals surface area contributed by atoms with Crippen molar-refractivity contribution in [2.24, 2.45) is 0 Å². The van der Waals surface area contributed by atoms with E-state index in [-0.39, 0.29) is 21.9 Å². The van der Waals surface area contributed by atoms with Crippen molar-refractivity contribution < 1.29 is 22.1 Å². The van der Waals surface area contributed by atoms with Gasteiger partial charge in [-0.15, -0.1) is 0 Å². The molecule has 1 aromatic heterocycles. The molecule has 8 heteroatoms. The summed E-state index contributed by atoms with van der Waals surface area (Å²) in [4.78, 5) is -0.159. The van der Waals surface area contributed by atoms with E-state index >= 15 is 0 Å². The minimum absolute atomic E-state index is 0.00754. The van der Waals surface area contributed by atoms with E-state index < -0.39 is 15.8 Å². The average Bonchev–Trinajstić information content (AvgIpc) is 2.81. The summed E-state index contributed by atoms with van der Waals surface area (Å²) in [7, 11) is -2.64. The number of anilines is 1. The first-order valence-corrected chi connectivity index (χ1v) is 8.11. The first-order valence-electron chi connectivity index (χ1n) is 6.62. The Labute approximate surface area is 128 Å². The molecule has 0 bridgehead atoms. The Morgan fingerprint density at radius 1 is 1.36 bits per heavy atom. The molecule has 0 radical (unpaired) electrons. The Balaban J connectivity index is 2.48. The maximum absolute atomic E-state index is 14.0. The molecule has 0 atom stereocenters. The first-order chi connectivity index (χ1) is 10.3. The van der Waals surface area contributed by atoms with Crippen molar-refractivity contribution in [3.05, 3.63) is 35.0 Å². The van der Waals surface area contributed by atoms with Crippen LogP contribution in [0.3, 0.4) is 0 Å². The highest BCUT2D eigenvalue weighted by atomic mass is 32.2. The van der Waals surface area contributed by atoms with Gasteiger partial charge in [-0.25, -0.2) is 12.8 Å². The van der Waals surface area contributed by atoms with Gasteiger partial charge in [-0.2, -0.15) is 0 Å². The van der Waals surface area contributed by atoms with E-state index in [4.69, 9.17) is 9.26 Å². The van der Waals surface area contributed by atoms with Crippen molar-refractivity contribution in [2.75, 3.05) is 11.8 Å². The minimum atomic E-state index is -3.96. The second-order valence-corrected chi connectivity index (χ2v) is 6.38. The van der Waals surface area contributed by atoms with Crippen molar-refractivity contribution >= 4 is 15.7 Å². The number of halogens is 1. The lowest BCUT2D eigenvalue weighted by atomic mass is 10.2. The Morgan fingerprint density at radius 2 is 2.05 bits per heavy atom. The van der Waals surface area contributed by atoms with E-state index in [1.54, 1.807) is 6.92 Å². The number of nitrogens with zero attached hydrogens (tertiary/aromatic N) is 1. The standard InChI is InChI=1S/C14H17FN2O4S/c1-5-10-14(9(3)21-16-10)17-22(18,19)12-7-6-11(20-4)13(15)8(12)2/h6-7,17H,5H2,1-4H3. The molecule has 0 unspecified atom stereocenters. The van der Waals surface area contributed by atoms with Gasteiger partial charge in [-0.3, -0.25) is 4.72 Å². The summed E-state index contributed by atoms with van der Waals surface area (Å²) < 4.78 is 51.3. The van der Waals surface area contributed by atoms with Gasteiger partial charge < -0.3 is 9.26 Å². The molecule has 0 spiro atoms. The number of hydrogen-bond donors (Lipinski definition) is 1. The number of ether oxygens (including phenoxy) is 1. The molecule has 0 aliphatic carbocycles. The highest BCUT2D eigenvalue weighted by Crippen LogP contribution is 2.29. The molecule has 1 aromatic carbocycles. The van der Waals surface area contributed by atoms with Crippen LogP contribution in [0, 0.1) is 19.7 Å². The molecule has 6 nitrogen and oxygen atoms in total. The fourth-order valence-corrected chi connectivity index (χ4v) is 3.45. The lowest BCUT2D eigenvalue weighted by Gasteiger charge is -2.12. The molecule has 0 amide bonds. The monoisotopic (exact) mass is 328 g/mol. The van der Waals surface area contributed by atoms with Crippen LogP contribution in [0.5, 0.6) is 5.75 Å². The van der Waals surface area contributed by atoms with Crippen molar-refractivity contribution in [3.8, 4) is 5.75 Å². The third-order valence-corrected chi connectivity index (χ3v) is 4.81. The molecule has 0 saturated carbocycles. The van der Waals surface area contributed by atoms with Crippen LogP contribution in [0.1, 0.15) is 23.9 Å². The summed E-state index contributed by atoms with van der Waals surface area (Å²) >= 11 is 0. The van der Waals surface area contributed by atoms with E-state index in [2.05, 4.69) is 9.88 Å². The predicted octanol–water partition coefficient (Wildman–Crippen LogP) is 2.80. The van der Waals surface area contributed by atoms with Gasteiger partial charge in [-0.05, 0) is 32.4 Å². The molecular weight excluding hydrogens is 311 g/mol. The molecule has 1 N–H and O–H groups in total. The highest BCUT2D eigenvalue weighted by molar-refractivity contribution is 7.92. The normalized spacial score (nSPS) is 11.5. The summed E-state index contributed by atoms with van der Waals surface area (Å²) in [6.45, 7) is 4.81. The van der Waals surface area contributed by atoms with Gasteiger partial charge in [0.05, 0.1) is 12.0 Å². The van der Waals surface area contributed by atoms with Crippen LogP contribution in [0.15, 0.2) is 21.6 Å². The zero-order valence-electron chi connectivity index (χ0n) is 12.7. The molecule has 2 aromatic rings. The molecule has 22 heavy (non-hydrogen) atoms. The van der Waals surface area contributed by atoms with Crippen LogP contribution >= 0.6 is 0 Å². The molecule has 0 aliphatic heterocycles. The van der Waals surface area contributed by atoms with Crippen molar-refractivity contribution in [2.45, 2.75) is 32.1 Å². The molecule has 0 saturated heterocycles. The number of methoxy groups -OCH3 is 1. The maximum atomic E-state index is 14.0. The van der Waals surface area contributed by atoms with Crippen molar-refractivity contribution in [1.29, 1.82) is 0 Å². The van der Waals surface area contributed by atoms with E-state index in [0.717, 1.165) is 0 Å². The lowest BCUT2D eigenvalue weighted by molar-refractivity contribution is 0.384. The fraction of sp³-hybridized carbons (Fsp3) is 0.357. The van der Waals surface area contributed by atoms with Crippen LogP contribution in [0.2, 0.25) is 0 Å². The van der Waals surface area contributed by atoms with Gasteiger partial charge in [-0.1, -0.05) is 12.1 Å². The molecule has 2 rings (SSSR count). The first kappa shape index (κ1) is 16.3. The average molecular weight is 328 g/mol. The molecule has 0 fully saturated rings. The minimum Gasteiger partial charge on any atom is -0.494 e. The molecular formula is C14H17FN2O4S. The highest BCUT2D eigenvalue weighted by Gasteiger charge is 2.24. The number of benzene rings is 1. The number of rotatable bonds is 5. The quantitative estimate of drug-likeness (QED) is 0.913. The smallest absolute Gasteiger partial charge is 0.262 e. The summed E-state index contributed by atoms with van der Waals surface area (Å²) in [5.41, 5.74) is 0.768. The van der Waals surface area contributed by atoms with Gasteiger partial charge in [0.15, 0.2) is 17.3 Å². The van der Waals surface area contributed by atoms with Gasteiger partial charge in [0.2, 0.25) is 0 Å². The Hall–Kier alpha value is -2.09. The zero-order chi connectivity index (χ0) is 16.5. The Kier molecular flexibility index (Phi) is 4.41.